The maximum absolute atomic E-state index is 10.7. The second kappa shape index (κ2) is 4.80. The van der Waals surface area contributed by atoms with Crippen LogP contribution in [-0.4, -0.2) is 5.11 Å². The first-order valence-corrected chi connectivity index (χ1v) is 7.21. The third-order valence-corrected chi connectivity index (χ3v) is 4.55. The molecular weight excluding hydrogens is 252 g/mol. The fourth-order valence-electron chi connectivity index (χ4n) is 2.51. The van der Waals surface area contributed by atoms with E-state index >= 15 is 0 Å². The molecule has 0 spiro atoms. The van der Waals surface area contributed by atoms with Gasteiger partial charge < -0.3 is 5.11 Å². The molecule has 0 aliphatic heterocycles. The van der Waals surface area contributed by atoms with Crippen LogP contribution in [0.4, 0.5) is 0 Å². The maximum Gasteiger partial charge on any atom is 0.114 e. The van der Waals surface area contributed by atoms with Crippen molar-refractivity contribution in [1.29, 1.82) is 0 Å². The Kier molecular flexibility index (Phi) is 3.13. The molecule has 0 aliphatic rings. The van der Waals surface area contributed by atoms with E-state index in [0.717, 1.165) is 21.4 Å². The predicted octanol–water partition coefficient (Wildman–Crippen LogP) is 4.60. The summed E-state index contributed by atoms with van der Waals surface area (Å²) in [5.41, 5.74) is 2.16. The van der Waals surface area contributed by atoms with E-state index in [-0.39, 0.29) is 0 Å². The van der Waals surface area contributed by atoms with Crippen LogP contribution in [0.5, 0.6) is 0 Å². The highest BCUT2D eigenvalue weighted by Crippen LogP contribution is 2.34. The van der Waals surface area contributed by atoms with E-state index < -0.39 is 6.10 Å². The van der Waals surface area contributed by atoms with Gasteiger partial charge in [-0.15, -0.1) is 11.3 Å². The van der Waals surface area contributed by atoms with Crippen LogP contribution in [0.1, 0.15) is 27.0 Å². The van der Waals surface area contributed by atoms with Crippen molar-refractivity contribution in [2.75, 3.05) is 0 Å². The maximum atomic E-state index is 10.7. The van der Waals surface area contributed by atoms with Gasteiger partial charge in [-0.1, -0.05) is 36.4 Å². The molecule has 1 aromatic heterocycles. The second-order valence-corrected chi connectivity index (χ2v) is 6.19. The van der Waals surface area contributed by atoms with Gasteiger partial charge in [0.15, 0.2) is 0 Å². The number of rotatable bonds is 2. The monoisotopic (exact) mass is 268 g/mol. The Bertz CT molecular complexity index is 727. The highest BCUT2D eigenvalue weighted by molar-refractivity contribution is 7.12. The summed E-state index contributed by atoms with van der Waals surface area (Å²) in [4.78, 5) is 2.24. The number of hydrogen-bond donors (Lipinski definition) is 1. The molecule has 0 saturated carbocycles. The van der Waals surface area contributed by atoms with Gasteiger partial charge in [0.05, 0.1) is 0 Å². The standard InChI is InChI=1S/C17H16OS/c1-11-7-9-13-5-3-4-6-14(13)16(11)17(18)15-10-8-12(2)19-15/h3-10,17-18H,1-2H3. The molecule has 3 aromatic rings. The lowest BCUT2D eigenvalue weighted by Gasteiger charge is -2.15. The van der Waals surface area contributed by atoms with Crippen molar-refractivity contribution in [2.45, 2.75) is 20.0 Å². The highest BCUT2D eigenvalue weighted by atomic mass is 32.1. The normalized spacial score (nSPS) is 12.8. The molecule has 19 heavy (non-hydrogen) atoms. The van der Waals surface area contributed by atoms with E-state index in [4.69, 9.17) is 0 Å². The number of aliphatic hydroxyl groups excluding tert-OH is 1. The van der Waals surface area contributed by atoms with E-state index in [2.05, 4.69) is 44.2 Å². The van der Waals surface area contributed by atoms with E-state index in [0.29, 0.717) is 0 Å². The number of aryl methyl sites for hydroxylation is 2. The first-order valence-electron chi connectivity index (χ1n) is 6.39. The van der Waals surface area contributed by atoms with Crippen LogP contribution in [0.15, 0.2) is 48.5 Å². The summed E-state index contributed by atoms with van der Waals surface area (Å²) in [6.07, 6.45) is -0.537. The minimum absolute atomic E-state index is 0.537. The highest BCUT2D eigenvalue weighted by Gasteiger charge is 2.17. The molecule has 0 amide bonds. The SMILES string of the molecule is Cc1ccc(C(O)c2c(C)ccc3ccccc23)s1. The summed E-state index contributed by atoms with van der Waals surface area (Å²) in [5, 5.41) is 13.0. The van der Waals surface area contributed by atoms with Gasteiger partial charge >= 0.3 is 0 Å². The van der Waals surface area contributed by atoms with E-state index in [9.17, 15) is 5.11 Å². The first-order chi connectivity index (χ1) is 9.16. The second-order valence-electron chi connectivity index (χ2n) is 4.87. The summed E-state index contributed by atoms with van der Waals surface area (Å²) in [5.74, 6) is 0. The van der Waals surface area contributed by atoms with E-state index in [1.165, 1.54) is 10.3 Å². The Balaban J connectivity index is 2.21. The topological polar surface area (TPSA) is 20.2 Å². The number of fused-ring (bicyclic) bond motifs is 1. The van der Waals surface area contributed by atoms with Crippen LogP contribution in [0.25, 0.3) is 10.8 Å². The number of benzene rings is 2. The molecule has 2 heteroatoms. The van der Waals surface area contributed by atoms with Crippen molar-refractivity contribution in [2.24, 2.45) is 0 Å². The zero-order chi connectivity index (χ0) is 13.4. The Morgan fingerprint density at radius 1 is 0.947 bits per heavy atom. The number of hydrogen-bond acceptors (Lipinski definition) is 2. The molecule has 3 rings (SSSR count). The largest absolute Gasteiger partial charge is 0.383 e. The van der Waals surface area contributed by atoms with Crippen molar-refractivity contribution in [3.8, 4) is 0 Å². The van der Waals surface area contributed by atoms with Gasteiger partial charge in [-0.25, -0.2) is 0 Å². The quantitative estimate of drug-likeness (QED) is 0.720. The minimum Gasteiger partial charge on any atom is -0.383 e. The Hall–Kier alpha value is -1.64. The van der Waals surface area contributed by atoms with Crippen molar-refractivity contribution >= 4 is 22.1 Å². The average molecular weight is 268 g/mol. The number of thiophene rings is 1. The Labute approximate surface area is 117 Å². The van der Waals surface area contributed by atoms with Gasteiger partial charge in [-0.05, 0) is 47.9 Å². The molecule has 0 aliphatic carbocycles. The van der Waals surface area contributed by atoms with Crippen LogP contribution < -0.4 is 0 Å². The van der Waals surface area contributed by atoms with Gasteiger partial charge in [0.1, 0.15) is 6.10 Å². The molecule has 0 saturated heterocycles. The minimum atomic E-state index is -0.537. The zero-order valence-electron chi connectivity index (χ0n) is 11.1. The molecule has 0 fully saturated rings. The lowest BCUT2D eigenvalue weighted by atomic mass is 9.95. The molecular formula is C17H16OS. The smallest absolute Gasteiger partial charge is 0.114 e. The van der Waals surface area contributed by atoms with Gasteiger partial charge in [0.2, 0.25) is 0 Å². The van der Waals surface area contributed by atoms with Gasteiger partial charge in [-0.2, -0.15) is 0 Å². The van der Waals surface area contributed by atoms with Crippen LogP contribution in [-0.2, 0) is 0 Å². The van der Waals surface area contributed by atoms with Crippen LogP contribution >= 0.6 is 11.3 Å². The van der Waals surface area contributed by atoms with Gasteiger partial charge in [-0.3, -0.25) is 0 Å². The summed E-state index contributed by atoms with van der Waals surface area (Å²) in [6, 6.07) is 16.5. The van der Waals surface area contributed by atoms with Crippen molar-refractivity contribution in [3.05, 3.63) is 69.4 Å². The van der Waals surface area contributed by atoms with E-state index in [1.807, 2.05) is 18.2 Å². The first kappa shape index (κ1) is 12.4. The molecule has 2 aromatic carbocycles. The van der Waals surface area contributed by atoms with Crippen molar-refractivity contribution in [1.82, 2.24) is 0 Å². The van der Waals surface area contributed by atoms with Crippen LogP contribution in [0.3, 0.4) is 0 Å². The van der Waals surface area contributed by atoms with Gasteiger partial charge in [0, 0.05) is 9.75 Å². The fourth-order valence-corrected chi connectivity index (χ4v) is 3.38. The Morgan fingerprint density at radius 2 is 1.74 bits per heavy atom. The molecule has 1 atom stereocenters. The number of aliphatic hydroxyl groups is 1. The average Bonchev–Trinajstić information content (AvgIpc) is 2.85. The molecule has 96 valence electrons. The molecule has 1 N–H and O–H groups in total. The molecule has 1 heterocycles. The van der Waals surface area contributed by atoms with Crippen LogP contribution in [0, 0.1) is 13.8 Å². The molecule has 0 bridgehead atoms. The summed E-state index contributed by atoms with van der Waals surface area (Å²) >= 11 is 1.66. The molecule has 1 nitrogen and oxygen atoms in total. The summed E-state index contributed by atoms with van der Waals surface area (Å²) < 4.78 is 0. The predicted molar refractivity (Wildman–Crippen MR) is 81.8 cm³/mol. The third-order valence-electron chi connectivity index (χ3n) is 3.49. The van der Waals surface area contributed by atoms with Crippen LogP contribution in [0.2, 0.25) is 0 Å². The van der Waals surface area contributed by atoms with Crippen molar-refractivity contribution < 1.29 is 5.11 Å². The summed E-state index contributed by atoms with van der Waals surface area (Å²) in [7, 11) is 0. The Morgan fingerprint density at radius 3 is 2.47 bits per heavy atom. The molecule has 0 radical (unpaired) electrons. The van der Waals surface area contributed by atoms with Gasteiger partial charge in [0.25, 0.3) is 0 Å². The zero-order valence-corrected chi connectivity index (χ0v) is 11.9. The molecule has 1 unspecified atom stereocenters. The lowest BCUT2D eigenvalue weighted by Crippen LogP contribution is -2.01. The fraction of sp³-hybridized carbons (Fsp3) is 0.176. The van der Waals surface area contributed by atoms with E-state index in [1.54, 1.807) is 11.3 Å². The van der Waals surface area contributed by atoms with Crippen molar-refractivity contribution in [3.63, 3.8) is 0 Å². The third kappa shape index (κ3) is 2.18. The lowest BCUT2D eigenvalue weighted by molar-refractivity contribution is 0.225. The summed E-state index contributed by atoms with van der Waals surface area (Å²) in [6.45, 7) is 4.13.